The monoisotopic (exact) mass is 197 g/mol. The van der Waals surface area contributed by atoms with Gasteiger partial charge in [-0.2, -0.15) is 0 Å². The summed E-state index contributed by atoms with van der Waals surface area (Å²) < 4.78 is 7.62. The van der Waals surface area contributed by atoms with E-state index in [9.17, 15) is 0 Å². The summed E-state index contributed by atoms with van der Waals surface area (Å²) >= 11 is 0. The van der Waals surface area contributed by atoms with Gasteiger partial charge in [0.05, 0.1) is 11.8 Å². The molecule has 3 nitrogen and oxygen atoms in total. The van der Waals surface area contributed by atoms with Crippen LogP contribution in [0, 0.1) is 0 Å². The second-order valence-electron chi connectivity index (χ2n) is 4.63. The fourth-order valence-electron chi connectivity index (χ4n) is 1.32. The average molecular weight is 197 g/mol. The van der Waals surface area contributed by atoms with Crippen LogP contribution in [0.3, 0.4) is 0 Å². The minimum atomic E-state index is 0.340. The second kappa shape index (κ2) is 4.11. The summed E-state index contributed by atoms with van der Waals surface area (Å²) in [5, 5.41) is 0. The SMILES string of the molecule is CC(C)c1nc(C(C)C)[n+](C(C)C)o1. The third-order valence-electron chi connectivity index (χ3n) is 2.12. The quantitative estimate of drug-likeness (QED) is 0.697. The van der Waals surface area contributed by atoms with Crippen LogP contribution < -0.4 is 4.74 Å². The molecule has 80 valence electrons. The standard InChI is InChI=1S/C11H21N2O/c1-7(2)10-12-11(8(3)4)14-13(10)9(5)6/h7-9H,1-6H3/q+1. The van der Waals surface area contributed by atoms with Crippen LogP contribution >= 0.6 is 0 Å². The molecule has 0 N–H and O–H groups in total. The molecule has 0 unspecified atom stereocenters. The molecule has 0 saturated carbocycles. The Morgan fingerprint density at radius 1 is 1.00 bits per heavy atom. The van der Waals surface area contributed by atoms with Crippen molar-refractivity contribution >= 4 is 0 Å². The molecule has 0 radical (unpaired) electrons. The molecule has 1 heterocycles. The Hall–Kier alpha value is -0.860. The van der Waals surface area contributed by atoms with Gasteiger partial charge in [-0.15, -0.1) is 0 Å². The maximum absolute atomic E-state index is 5.70. The first-order valence-corrected chi connectivity index (χ1v) is 5.36. The highest BCUT2D eigenvalue weighted by atomic mass is 16.5. The lowest BCUT2D eigenvalue weighted by Crippen LogP contribution is -2.38. The van der Waals surface area contributed by atoms with E-state index in [1.54, 1.807) is 0 Å². The van der Waals surface area contributed by atoms with E-state index in [0.717, 1.165) is 11.7 Å². The third kappa shape index (κ3) is 2.14. The Balaban J connectivity index is 3.12. The normalized spacial score (nSPS) is 12.1. The van der Waals surface area contributed by atoms with Gasteiger partial charge in [0.25, 0.3) is 0 Å². The van der Waals surface area contributed by atoms with E-state index < -0.39 is 0 Å². The fourth-order valence-corrected chi connectivity index (χ4v) is 1.32. The van der Waals surface area contributed by atoms with Crippen LogP contribution in [-0.2, 0) is 0 Å². The first-order chi connectivity index (χ1) is 6.43. The zero-order valence-electron chi connectivity index (χ0n) is 10.0. The highest BCUT2D eigenvalue weighted by molar-refractivity contribution is 4.90. The van der Waals surface area contributed by atoms with Gasteiger partial charge in [0.15, 0.2) is 0 Å². The lowest BCUT2D eigenvalue weighted by Gasteiger charge is -2.00. The summed E-state index contributed by atoms with van der Waals surface area (Å²) in [7, 11) is 0. The van der Waals surface area contributed by atoms with Gasteiger partial charge in [-0.3, -0.25) is 4.52 Å². The van der Waals surface area contributed by atoms with Crippen LogP contribution in [0.15, 0.2) is 4.52 Å². The van der Waals surface area contributed by atoms with Crippen LogP contribution in [0.1, 0.15) is 71.1 Å². The van der Waals surface area contributed by atoms with Crippen molar-refractivity contribution in [3.8, 4) is 0 Å². The molecule has 0 aliphatic rings. The van der Waals surface area contributed by atoms with Gasteiger partial charge in [-0.25, -0.2) is 0 Å². The molecular formula is C11H21N2O+. The highest BCUT2D eigenvalue weighted by Gasteiger charge is 2.28. The highest BCUT2D eigenvalue weighted by Crippen LogP contribution is 2.16. The third-order valence-corrected chi connectivity index (χ3v) is 2.12. The average Bonchev–Trinajstić information content (AvgIpc) is 2.47. The molecule has 14 heavy (non-hydrogen) atoms. The number of nitrogens with zero attached hydrogens (tertiary/aromatic N) is 2. The smallest absolute Gasteiger partial charge is 0.258 e. The van der Waals surface area contributed by atoms with Gasteiger partial charge in [-0.05, 0) is 18.8 Å². The van der Waals surface area contributed by atoms with Crippen molar-refractivity contribution in [3.63, 3.8) is 0 Å². The Morgan fingerprint density at radius 3 is 1.86 bits per heavy atom. The lowest BCUT2D eigenvalue weighted by atomic mass is 10.2. The van der Waals surface area contributed by atoms with Crippen LogP contribution in [-0.4, -0.2) is 4.98 Å². The van der Waals surface area contributed by atoms with Gasteiger partial charge in [0, 0.05) is 0 Å². The van der Waals surface area contributed by atoms with Crippen molar-refractivity contribution in [3.05, 3.63) is 11.7 Å². The lowest BCUT2D eigenvalue weighted by molar-refractivity contribution is -0.885. The minimum absolute atomic E-state index is 0.340. The van der Waals surface area contributed by atoms with E-state index in [-0.39, 0.29) is 0 Å². The molecule has 0 aliphatic carbocycles. The van der Waals surface area contributed by atoms with Crippen LogP contribution in [0.2, 0.25) is 0 Å². The van der Waals surface area contributed by atoms with E-state index in [0.29, 0.717) is 17.9 Å². The summed E-state index contributed by atoms with van der Waals surface area (Å²) in [4.78, 5) is 4.53. The van der Waals surface area contributed by atoms with Gasteiger partial charge in [-0.1, -0.05) is 32.4 Å². The maximum atomic E-state index is 5.70. The van der Waals surface area contributed by atoms with Crippen LogP contribution in [0.25, 0.3) is 0 Å². The molecule has 1 rings (SSSR count). The van der Waals surface area contributed by atoms with E-state index >= 15 is 0 Å². The molecule has 3 heteroatoms. The Bertz CT molecular complexity index is 275. The molecule has 0 bridgehead atoms. The maximum Gasteiger partial charge on any atom is 0.355 e. The minimum Gasteiger partial charge on any atom is -0.258 e. The summed E-state index contributed by atoms with van der Waals surface area (Å²) in [6.07, 6.45) is 0. The Morgan fingerprint density at radius 2 is 1.57 bits per heavy atom. The molecule has 0 amide bonds. The Labute approximate surface area is 86.1 Å². The van der Waals surface area contributed by atoms with E-state index in [1.165, 1.54) is 0 Å². The summed E-state index contributed by atoms with van der Waals surface area (Å²) in [5.74, 6) is 2.65. The topological polar surface area (TPSA) is 29.9 Å². The predicted molar refractivity (Wildman–Crippen MR) is 55.3 cm³/mol. The van der Waals surface area contributed by atoms with Crippen molar-refractivity contribution in [2.45, 2.75) is 59.4 Å². The van der Waals surface area contributed by atoms with Crippen LogP contribution in [0.4, 0.5) is 0 Å². The van der Waals surface area contributed by atoms with Crippen molar-refractivity contribution in [2.24, 2.45) is 0 Å². The second-order valence-corrected chi connectivity index (χ2v) is 4.63. The number of hydrogen-bond donors (Lipinski definition) is 0. The molecule has 0 fully saturated rings. The van der Waals surface area contributed by atoms with Gasteiger partial charge >= 0.3 is 11.7 Å². The van der Waals surface area contributed by atoms with Gasteiger partial charge in [0.2, 0.25) is 0 Å². The fraction of sp³-hybridized carbons (Fsp3) is 0.818. The van der Waals surface area contributed by atoms with Crippen molar-refractivity contribution in [1.82, 2.24) is 4.98 Å². The van der Waals surface area contributed by atoms with E-state index in [1.807, 2.05) is 4.74 Å². The Kier molecular flexibility index (Phi) is 3.29. The number of aromatic nitrogens is 2. The van der Waals surface area contributed by atoms with Crippen molar-refractivity contribution < 1.29 is 9.26 Å². The number of hydrogen-bond acceptors (Lipinski definition) is 2. The van der Waals surface area contributed by atoms with Crippen molar-refractivity contribution in [2.75, 3.05) is 0 Å². The molecule has 0 spiro atoms. The van der Waals surface area contributed by atoms with E-state index in [2.05, 4.69) is 46.5 Å². The summed E-state index contributed by atoms with van der Waals surface area (Å²) in [5.41, 5.74) is 0. The molecule has 1 aromatic rings. The van der Waals surface area contributed by atoms with Crippen molar-refractivity contribution in [1.29, 1.82) is 0 Å². The first kappa shape index (κ1) is 11.2. The molecule has 0 aromatic carbocycles. The molecule has 1 aromatic heterocycles. The first-order valence-electron chi connectivity index (χ1n) is 5.36. The number of rotatable bonds is 3. The zero-order valence-corrected chi connectivity index (χ0v) is 10.0. The zero-order chi connectivity index (χ0) is 10.9. The molecule has 0 aliphatic heterocycles. The predicted octanol–water partition coefficient (Wildman–Crippen LogP) is 2.79. The molecule has 0 saturated heterocycles. The van der Waals surface area contributed by atoms with Gasteiger partial charge in [0.1, 0.15) is 6.04 Å². The molecular weight excluding hydrogens is 176 g/mol. The summed E-state index contributed by atoms with van der Waals surface area (Å²) in [6, 6.07) is 0.340. The van der Waals surface area contributed by atoms with Crippen LogP contribution in [0.5, 0.6) is 0 Å². The molecule has 0 atom stereocenters. The van der Waals surface area contributed by atoms with Gasteiger partial charge < -0.3 is 0 Å². The summed E-state index contributed by atoms with van der Waals surface area (Å²) in [6.45, 7) is 12.7. The van der Waals surface area contributed by atoms with E-state index in [4.69, 9.17) is 4.52 Å². The largest absolute Gasteiger partial charge is 0.355 e.